The van der Waals surface area contributed by atoms with Crippen LogP contribution in [0.25, 0.3) is 0 Å². The minimum atomic E-state index is -0.447. The van der Waals surface area contributed by atoms with Gasteiger partial charge in [-0.25, -0.2) is 4.79 Å². The van der Waals surface area contributed by atoms with Crippen LogP contribution >= 0.6 is 0 Å². The summed E-state index contributed by atoms with van der Waals surface area (Å²) in [6.45, 7) is 6.94. The molecule has 104 valence electrons. The van der Waals surface area contributed by atoms with Crippen molar-refractivity contribution in [3.63, 3.8) is 0 Å². The van der Waals surface area contributed by atoms with Gasteiger partial charge in [0.05, 0.1) is 0 Å². The van der Waals surface area contributed by atoms with Crippen LogP contribution in [0.2, 0.25) is 0 Å². The highest BCUT2D eigenvalue weighted by atomic mass is 16.6. The lowest BCUT2D eigenvalue weighted by Crippen LogP contribution is -2.50. The van der Waals surface area contributed by atoms with Crippen molar-refractivity contribution in [1.29, 1.82) is 5.41 Å². The molecule has 0 radical (unpaired) electrons. The van der Waals surface area contributed by atoms with E-state index >= 15 is 0 Å². The molecule has 1 amide bonds. The van der Waals surface area contributed by atoms with Gasteiger partial charge in [0.1, 0.15) is 11.1 Å². The first-order valence-corrected chi connectivity index (χ1v) is 6.45. The molecule has 1 fully saturated rings. The van der Waals surface area contributed by atoms with Crippen LogP contribution in [0.4, 0.5) is 4.79 Å². The van der Waals surface area contributed by atoms with Gasteiger partial charge in [0.2, 0.25) is 0 Å². The van der Waals surface area contributed by atoms with Gasteiger partial charge in [-0.05, 0) is 38.5 Å². The molecule has 5 nitrogen and oxygen atoms in total. The van der Waals surface area contributed by atoms with Gasteiger partial charge in [-0.3, -0.25) is 5.41 Å². The summed E-state index contributed by atoms with van der Waals surface area (Å²) in [5.74, 6) is 0.317. The number of nitrogens with one attached hydrogen (secondary N) is 1. The summed E-state index contributed by atoms with van der Waals surface area (Å²) >= 11 is 0. The number of carbonyl (C=O) groups is 1. The van der Waals surface area contributed by atoms with Gasteiger partial charge in [0, 0.05) is 32.3 Å². The van der Waals surface area contributed by atoms with Gasteiger partial charge in [0.15, 0.2) is 0 Å². The van der Waals surface area contributed by atoms with E-state index in [2.05, 4.69) is 0 Å². The molecule has 0 bridgehead atoms. The Morgan fingerprint density at radius 3 is 2.58 bits per heavy atom. The van der Waals surface area contributed by atoms with E-state index < -0.39 is 5.60 Å². The number of pyridine rings is 1. The van der Waals surface area contributed by atoms with Crippen molar-refractivity contribution in [3.8, 4) is 0 Å². The molecule has 1 aliphatic rings. The summed E-state index contributed by atoms with van der Waals surface area (Å²) in [4.78, 5) is 13.5. The molecule has 5 heteroatoms. The highest BCUT2D eigenvalue weighted by Gasteiger charge is 2.34. The lowest BCUT2D eigenvalue weighted by Gasteiger charge is -2.40. The second kappa shape index (κ2) is 4.72. The second-order valence-electron chi connectivity index (χ2n) is 6.04. The molecule has 0 aromatic carbocycles. The molecule has 19 heavy (non-hydrogen) atoms. The minimum absolute atomic E-state index is 0.253. The molecule has 0 saturated carbocycles. The fourth-order valence-electron chi connectivity index (χ4n) is 2.00. The van der Waals surface area contributed by atoms with Crippen LogP contribution < -0.4 is 5.49 Å². The van der Waals surface area contributed by atoms with Crippen molar-refractivity contribution in [2.75, 3.05) is 13.1 Å². The fourth-order valence-corrected chi connectivity index (χ4v) is 2.00. The third-order valence-corrected chi connectivity index (χ3v) is 3.18. The van der Waals surface area contributed by atoms with Crippen molar-refractivity contribution >= 4 is 6.09 Å². The number of carbonyl (C=O) groups excluding carboxylic acids is 1. The standard InChI is InChI=1S/C14H21N3O2/c1-14(2,3)19-13(18)17-8-11(9-17)10-5-6-16(4)12(15)7-10/h5-7,11,15H,8-9H2,1-4H3. The van der Waals surface area contributed by atoms with Crippen molar-refractivity contribution < 1.29 is 9.53 Å². The van der Waals surface area contributed by atoms with Gasteiger partial charge < -0.3 is 14.2 Å². The largest absolute Gasteiger partial charge is 0.444 e. The summed E-state index contributed by atoms with van der Waals surface area (Å²) in [6, 6.07) is 3.87. The third kappa shape index (κ3) is 3.16. The number of rotatable bonds is 1. The molecule has 1 aliphatic heterocycles. The molecular formula is C14H21N3O2. The molecule has 1 aromatic heterocycles. The Bertz CT molecular complexity index is 536. The zero-order valence-corrected chi connectivity index (χ0v) is 11.9. The lowest BCUT2D eigenvalue weighted by atomic mass is 9.92. The van der Waals surface area contributed by atoms with Crippen molar-refractivity contribution in [3.05, 3.63) is 29.4 Å². The summed E-state index contributed by atoms with van der Waals surface area (Å²) in [5, 5.41) is 7.76. The molecule has 0 unspecified atom stereocenters. The van der Waals surface area contributed by atoms with E-state index in [1.165, 1.54) is 0 Å². The van der Waals surface area contributed by atoms with Crippen LogP contribution in [0.1, 0.15) is 32.3 Å². The lowest BCUT2D eigenvalue weighted by molar-refractivity contribution is 0.00818. The van der Waals surface area contributed by atoms with Crippen molar-refractivity contribution in [2.24, 2.45) is 7.05 Å². The van der Waals surface area contributed by atoms with Crippen molar-refractivity contribution in [1.82, 2.24) is 9.47 Å². The summed E-state index contributed by atoms with van der Waals surface area (Å²) < 4.78 is 7.07. The Morgan fingerprint density at radius 2 is 2.05 bits per heavy atom. The fraction of sp³-hybridized carbons (Fsp3) is 0.571. The Hall–Kier alpha value is -1.78. The smallest absolute Gasteiger partial charge is 0.410 e. The Labute approximate surface area is 113 Å². The molecule has 0 atom stereocenters. The predicted molar refractivity (Wildman–Crippen MR) is 71.8 cm³/mol. The molecule has 1 aromatic rings. The number of hydrogen-bond donors (Lipinski definition) is 1. The zero-order valence-electron chi connectivity index (χ0n) is 11.9. The monoisotopic (exact) mass is 263 g/mol. The molecule has 2 rings (SSSR count). The summed E-state index contributed by atoms with van der Waals surface area (Å²) in [7, 11) is 1.85. The molecule has 2 heterocycles. The van der Waals surface area contributed by atoms with Gasteiger partial charge in [-0.2, -0.15) is 0 Å². The topological polar surface area (TPSA) is 58.3 Å². The van der Waals surface area contributed by atoms with Crippen LogP contribution in [0.3, 0.4) is 0 Å². The Morgan fingerprint density at radius 1 is 1.42 bits per heavy atom. The minimum Gasteiger partial charge on any atom is -0.444 e. The number of ether oxygens (including phenoxy) is 1. The first kappa shape index (κ1) is 13.6. The number of likely N-dealkylation sites (tertiary alicyclic amines) is 1. The number of aryl methyl sites for hydroxylation is 1. The third-order valence-electron chi connectivity index (χ3n) is 3.18. The number of amides is 1. The van der Waals surface area contributed by atoms with E-state index in [9.17, 15) is 4.79 Å². The van der Waals surface area contributed by atoms with E-state index in [1.54, 1.807) is 9.47 Å². The van der Waals surface area contributed by atoms with Crippen LogP contribution in [-0.2, 0) is 11.8 Å². The second-order valence-corrected chi connectivity index (χ2v) is 6.04. The zero-order chi connectivity index (χ0) is 14.2. The molecular weight excluding hydrogens is 242 g/mol. The van der Waals surface area contributed by atoms with Gasteiger partial charge in [-0.15, -0.1) is 0 Å². The summed E-state index contributed by atoms with van der Waals surface area (Å²) in [5.41, 5.74) is 1.15. The SMILES string of the molecule is Cn1ccc(C2CN(C(=O)OC(C)(C)C)C2)cc1=N. The van der Waals surface area contributed by atoms with E-state index in [-0.39, 0.29) is 6.09 Å². The molecule has 0 spiro atoms. The van der Waals surface area contributed by atoms with Crippen LogP contribution in [0.15, 0.2) is 18.3 Å². The highest BCUT2D eigenvalue weighted by molar-refractivity contribution is 5.69. The Kier molecular flexibility index (Phi) is 3.39. The van der Waals surface area contributed by atoms with Crippen LogP contribution in [0, 0.1) is 5.41 Å². The molecule has 0 aliphatic carbocycles. The maximum Gasteiger partial charge on any atom is 0.410 e. The normalized spacial score (nSPS) is 16.1. The highest BCUT2D eigenvalue weighted by Crippen LogP contribution is 2.27. The first-order chi connectivity index (χ1) is 8.76. The van der Waals surface area contributed by atoms with E-state index in [0.29, 0.717) is 24.5 Å². The number of hydrogen-bond acceptors (Lipinski definition) is 3. The molecule has 1 saturated heterocycles. The Balaban J connectivity index is 1.94. The molecule has 1 N–H and O–H groups in total. The predicted octanol–water partition coefficient (Wildman–Crippen LogP) is 1.84. The maximum absolute atomic E-state index is 11.8. The average Bonchev–Trinajstić information content (AvgIpc) is 2.18. The summed E-state index contributed by atoms with van der Waals surface area (Å²) in [6.07, 6.45) is 1.63. The maximum atomic E-state index is 11.8. The van der Waals surface area contributed by atoms with E-state index in [4.69, 9.17) is 10.1 Å². The van der Waals surface area contributed by atoms with Crippen LogP contribution in [-0.4, -0.2) is 34.3 Å². The van der Waals surface area contributed by atoms with Gasteiger partial charge in [-0.1, -0.05) is 0 Å². The van der Waals surface area contributed by atoms with Gasteiger partial charge >= 0.3 is 6.09 Å². The number of aromatic nitrogens is 1. The van der Waals surface area contributed by atoms with E-state index in [1.807, 2.05) is 46.1 Å². The average molecular weight is 263 g/mol. The van der Waals surface area contributed by atoms with E-state index in [0.717, 1.165) is 5.56 Å². The van der Waals surface area contributed by atoms with Crippen LogP contribution in [0.5, 0.6) is 0 Å². The first-order valence-electron chi connectivity index (χ1n) is 6.45. The van der Waals surface area contributed by atoms with Gasteiger partial charge in [0.25, 0.3) is 0 Å². The quantitative estimate of drug-likeness (QED) is 0.840. The van der Waals surface area contributed by atoms with Crippen molar-refractivity contribution in [2.45, 2.75) is 32.3 Å². The number of nitrogens with zero attached hydrogens (tertiary/aromatic N) is 2.